The number of nitrogens with zero attached hydrogens (tertiary/aromatic N) is 4. The highest BCUT2D eigenvalue weighted by atomic mass is 35.5. The van der Waals surface area contributed by atoms with E-state index in [4.69, 9.17) is 20.8 Å². The molecule has 0 unspecified atom stereocenters. The lowest BCUT2D eigenvalue weighted by atomic mass is 10.2. The molecule has 0 amide bonds. The van der Waals surface area contributed by atoms with Gasteiger partial charge in [0, 0.05) is 5.02 Å². The molecule has 0 atom stereocenters. The van der Waals surface area contributed by atoms with Crippen LogP contribution in [0.1, 0.15) is 36.3 Å². The normalized spacial score (nSPS) is 11.6. The number of halogens is 3. The van der Waals surface area contributed by atoms with Gasteiger partial charge in [-0.3, -0.25) is 0 Å². The maximum atomic E-state index is 13.1. The number of rotatable bonds is 8. The largest absolute Gasteiger partial charge is 0.486 e. The molecule has 0 fully saturated rings. The van der Waals surface area contributed by atoms with Crippen LogP contribution in [-0.2, 0) is 6.61 Å². The molecule has 2 heterocycles. The molecule has 0 saturated heterocycles. The Morgan fingerprint density at radius 2 is 2.14 bits per heavy atom. The van der Waals surface area contributed by atoms with E-state index >= 15 is 0 Å². The molecule has 0 aliphatic rings. The number of aryl methyl sites for hydroxylation is 1. The van der Waals surface area contributed by atoms with Crippen molar-refractivity contribution < 1.29 is 17.9 Å². The molecule has 2 aromatic heterocycles. The van der Waals surface area contributed by atoms with Gasteiger partial charge in [0.15, 0.2) is 0 Å². The van der Waals surface area contributed by atoms with Gasteiger partial charge < -0.3 is 9.15 Å². The van der Waals surface area contributed by atoms with E-state index in [-0.39, 0.29) is 6.61 Å². The van der Waals surface area contributed by atoms with Gasteiger partial charge in [-0.25, -0.2) is 8.78 Å². The lowest BCUT2D eigenvalue weighted by Crippen LogP contribution is -2.00. The lowest BCUT2D eigenvalue weighted by Gasteiger charge is -2.06. The molecule has 148 valence electrons. The van der Waals surface area contributed by atoms with Gasteiger partial charge in [0.05, 0.1) is 6.21 Å². The standard InChI is InChI=1S/C18H17ClF2N4O2S/c1-3-28-18-24-23-17(16(20)21)25(18)22-9-13-4-5-14(27-13)10-26-12-6-7-15(19)11(2)8-12/h4-9,16H,3,10H2,1-2H3/b22-9+. The van der Waals surface area contributed by atoms with Gasteiger partial charge in [0.2, 0.25) is 11.0 Å². The smallest absolute Gasteiger partial charge is 0.299 e. The molecule has 0 spiro atoms. The summed E-state index contributed by atoms with van der Waals surface area (Å²) in [5.74, 6) is 1.77. The minimum absolute atomic E-state index is 0.209. The number of alkyl halides is 2. The molecule has 0 bridgehead atoms. The Balaban J connectivity index is 1.69. The van der Waals surface area contributed by atoms with Crippen LogP contribution < -0.4 is 4.74 Å². The van der Waals surface area contributed by atoms with Crippen LogP contribution in [0.5, 0.6) is 5.75 Å². The molecular formula is C18H17ClF2N4O2S. The summed E-state index contributed by atoms with van der Waals surface area (Å²) in [6.07, 6.45) is -1.44. The number of ether oxygens (including phenoxy) is 1. The van der Waals surface area contributed by atoms with Crippen LogP contribution in [0.2, 0.25) is 5.02 Å². The van der Waals surface area contributed by atoms with Crippen molar-refractivity contribution in [3.8, 4) is 5.75 Å². The molecule has 3 rings (SSSR count). The molecule has 0 N–H and O–H groups in total. The molecule has 3 aromatic rings. The van der Waals surface area contributed by atoms with Gasteiger partial charge in [-0.2, -0.15) is 9.78 Å². The van der Waals surface area contributed by atoms with Crippen molar-refractivity contribution in [3.05, 3.63) is 58.3 Å². The van der Waals surface area contributed by atoms with Crippen LogP contribution in [0.25, 0.3) is 0 Å². The second-order valence-corrected chi connectivity index (χ2v) is 7.27. The van der Waals surface area contributed by atoms with E-state index in [1.165, 1.54) is 18.0 Å². The Morgan fingerprint density at radius 1 is 1.32 bits per heavy atom. The quantitative estimate of drug-likeness (QED) is 0.359. The highest BCUT2D eigenvalue weighted by Crippen LogP contribution is 2.24. The average molecular weight is 427 g/mol. The van der Waals surface area contributed by atoms with Gasteiger partial charge in [-0.15, -0.1) is 10.2 Å². The van der Waals surface area contributed by atoms with Crippen LogP contribution in [0.3, 0.4) is 0 Å². The molecule has 10 heteroatoms. The number of hydrogen-bond acceptors (Lipinski definition) is 6. The SMILES string of the molecule is CCSc1nnc(C(F)F)n1/N=C/c1ccc(COc2ccc(Cl)c(C)c2)o1. The lowest BCUT2D eigenvalue weighted by molar-refractivity contribution is 0.135. The number of benzene rings is 1. The van der Waals surface area contributed by atoms with Crippen molar-refractivity contribution in [3.63, 3.8) is 0 Å². The van der Waals surface area contributed by atoms with Crippen LogP contribution >= 0.6 is 23.4 Å². The van der Waals surface area contributed by atoms with E-state index < -0.39 is 12.2 Å². The third-order valence-electron chi connectivity index (χ3n) is 3.60. The Morgan fingerprint density at radius 3 is 2.86 bits per heavy atom. The van der Waals surface area contributed by atoms with E-state index in [9.17, 15) is 8.78 Å². The predicted molar refractivity (Wildman–Crippen MR) is 104 cm³/mol. The van der Waals surface area contributed by atoms with Gasteiger partial charge in [0.25, 0.3) is 6.43 Å². The first-order valence-electron chi connectivity index (χ1n) is 8.36. The molecule has 0 aliphatic heterocycles. The van der Waals surface area contributed by atoms with Crippen LogP contribution in [-0.4, -0.2) is 26.8 Å². The van der Waals surface area contributed by atoms with Crippen molar-refractivity contribution in [2.75, 3.05) is 5.75 Å². The summed E-state index contributed by atoms with van der Waals surface area (Å²) >= 11 is 7.26. The Hall–Kier alpha value is -2.39. The van der Waals surface area contributed by atoms with Gasteiger partial charge in [-0.1, -0.05) is 30.3 Å². The highest BCUT2D eigenvalue weighted by Gasteiger charge is 2.20. The maximum Gasteiger partial charge on any atom is 0.299 e. The van der Waals surface area contributed by atoms with Crippen molar-refractivity contribution in [2.24, 2.45) is 5.10 Å². The number of hydrogen-bond donors (Lipinski definition) is 0. The fourth-order valence-electron chi connectivity index (χ4n) is 2.26. The molecule has 0 saturated carbocycles. The van der Waals surface area contributed by atoms with Gasteiger partial charge in [-0.05, 0) is 48.6 Å². The van der Waals surface area contributed by atoms with E-state index in [0.717, 1.165) is 10.2 Å². The minimum Gasteiger partial charge on any atom is -0.486 e. The summed E-state index contributed by atoms with van der Waals surface area (Å²) in [7, 11) is 0. The molecule has 1 aromatic carbocycles. The third-order valence-corrected chi connectivity index (χ3v) is 4.82. The van der Waals surface area contributed by atoms with Crippen molar-refractivity contribution in [1.82, 2.24) is 14.9 Å². The summed E-state index contributed by atoms with van der Waals surface area (Å²) in [5, 5.41) is 12.2. The first-order chi connectivity index (χ1) is 13.5. The molecule has 6 nitrogen and oxygen atoms in total. The molecule has 0 radical (unpaired) electrons. The van der Waals surface area contributed by atoms with Crippen LogP contribution in [0, 0.1) is 6.92 Å². The molecule has 28 heavy (non-hydrogen) atoms. The number of aromatic nitrogens is 3. The zero-order chi connectivity index (χ0) is 20.1. The number of furan rings is 1. The van der Waals surface area contributed by atoms with Crippen molar-refractivity contribution >= 4 is 29.6 Å². The van der Waals surface area contributed by atoms with Gasteiger partial charge in [0.1, 0.15) is 23.9 Å². The van der Waals surface area contributed by atoms with Crippen LogP contribution in [0.4, 0.5) is 8.78 Å². The second-order valence-electron chi connectivity index (χ2n) is 5.63. The molecule has 0 aliphatic carbocycles. The van der Waals surface area contributed by atoms with Gasteiger partial charge >= 0.3 is 0 Å². The van der Waals surface area contributed by atoms with Crippen molar-refractivity contribution in [1.29, 1.82) is 0 Å². The first-order valence-corrected chi connectivity index (χ1v) is 9.72. The van der Waals surface area contributed by atoms with E-state index in [0.29, 0.717) is 33.2 Å². The topological polar surface area (TPSA) is 65.4 Å². The Labute approximate surface area is 169 Å². The zero-order valence-electron chi connectivity index (χ0n) is 15.1. The third kappa shape index (κ3) is 4.90. The minimum atomic E-state index is -2.78. The van der Waals surface area contributed by atoms with E-state index in [2.05, 4.69) is 15.3 Å². The monoisotopic (exact) mass is 426 g/mol. The Bertz CT molecular complexity index is 974. The fraction of sp³-hybridized carbons (Fsp3) is 0.278. The average Bonchev–Trinajstić information content (AvgIpc) is 3.28. The fourth-order valence-corrected chi connectivity index (χ4v) is 3.00. The van der Waals surface area contributed by atoms with E-state index in [1.807, 2.05) is 19.9 Å². The Kier molecular flexibility index (Phi) is 6.69. The first kappa shape index (κ1) is 20.3. The van der Waals surface area contributed by atoms with Crippen LogP contribution in [0.15, 0.2) is 45.0 Å². The number of thioether (sulfide) groups is 1. The summed E-state index contributed by atoms with van der Waals surface area (Å²) in [6, 6.07) is 8.77. The summed E-state index contributed by atoms with van der Waals surface area (Å²) in [4.78, 5) is 0. The highest BCUT2D eigenvalue weighted by molar-refractivity contribution is 7.99. The van der Waals surface area contributed by atoms with Crippen molar-refractivity contribution in [2.45, 2.75) is 32.0 Å². The summed E-state index contributed by atoms with van der Waals surface area (Å²) in [6.45, 7) is 3.98. The summed E-state index contributed by atoms with van der Waals surface area (Å²) in [5.41, 5.74) is 0.913. The zero-order valence-corrected chi connectivity index (χ0v) is 16.7. The predicted octanol–water partition coefficient (Wildman–Crippen LogP) is 5.34. The second kappa shape index (κ2) is 9.20. The van der Waals surface area contributed by atoms with E-state index in [1.54, 1.807) is 24.3 Å². The molecular weight excluding hydrogens is 410 g/mol. The maximum absolute atomic E-state index is 13.1. The summed E-state index contributed by atoms with van der Waals surface area (Å²) < 4.78 is 38.4.